The van der Waals surface area contributed by atoms with Gasteiger partial charge >= 0.3 is 12.1 Å². The number of hydrogen-bond donors (Lipinski definition) is 1. The second-order valence-corrected chi connectivity index (χ2v) is 7.29. The highest BCUT2D eigenvalue weighted by molar-refractivity contribution is 6.11. The summed E-state index contributed by atoms with van der Waals surface area (Å²) in [5.74, 6) is -2.33. The summed E-state index contributed by atoms with van der Waals surface area (Å²) in [5, 5.41) is 2.53. The zero-order valence-electron chi connectivity index (χ0n) is 16.8. The van der Waals surface area contributed by atoms with Crippen LogP contribution in [0.1, 0.15) is 41.5 Å². The lowest BCUT2D eigenvalue weighted by molar-refractivity contribution is -0.141. The van der Waals surface area contributed by atoms with Gasteiger partial charge in [0, 0.05) is 11.3 Å². The van der Waals surface area contributed by atoms with Crippen molar-refractivity contribution in [2.24, 2.45) is 0 Å². The third-order valence-corrected chi connectivity index (χ3v) is 5.24. The zero-order valence-corrected chi connectivity index (χ0v) is 16.8. The summed E-state index contributed by atoms with van der Waals surface area (Å²) in [6.45, 7) is 1.67. The third-order valence-electron chi connectivity index (χ3n) is 5.24. The summed E-state index contributed by atoms with van der Waals surface area (Å²) in [4.78, 5) is 28.4. The topological polar surface area (TPSA) is 77.5 Å². The van der Waals surface area contributed by atoms with Crippen LogP contribution < -0.4 is 5.32 Å². The second kappa shape index (κ2) is 8.34. The normalized spacial score (nSPS) is 19.9. The summed E-state index contributed by atoms with van der Waals surface area (Å²) in [5.41, 5.74) is -0.785. The number of alkyl halides is 3. The molecule has 2 aliphatic heterocycles. The minimum Gasteiger partial charge on any atom is -0.462 e. The number of pyridine rings is 1. The van der Waals surface area contributed by atoms with E-state index in [2.05, 4.69) is 10.3 Å². The molecule has 1 saturated heterocycles. The highest BCUT2D eigenvalue weighted by Gasteiger charge is 2.45. The van der Waals surface area contributed by atoms with E-state index in [4.69, 9.17) is 9.47 Å². The number of fused-ring (bicyclic) bond motifs is 2. The molecule has 10 heteroatoms. The van der Waals surface area contributed by atoms with Gasteiger partial charge < -0.3 is 14.8 Å². The van der Waals surface area contributed by atoms with E-state index >= 15 is 0 Å². The molecule has 1 aromatic carbocycles. The summed E-state index contributed by atoms with van der Waals surface area (Å²) < 4.78 is 64.1. The molecule has 32 heavy (non-hydrogen) atoms. The minimum absolute atomic E-state index is 0.0148. The molecule has 0 saturated carbocycles. The third kappa shape index (κ3) is 4.10. The smallest absolute Gasteiger partial charge is 0.433 e. The molecular formula is C22H18F4N2O4. The molecule has 2 aliphatic rings. The highest BCUT2D eigenvalue weighted by Crippen LogP contribution is 2.44. The largest absolute Gasteiger partial charge is 0.462 e. The second-order valence-electron chi connectivity index (χ2n) is 7.29. The van der Waals surface area contributed by atoms with Gasteiger partial charge in [-0.15, -0.1) is 0 Å². The molecule has 1 unspecified atom stereocenters. The fourth-order valence-electron chi connectivity index (χ4n) is 3.89. The molecule has 4 rings (SSSR count). The Morgan fingerprint density at radius 1 is 1.19 bits per heavy atom. The van der Waals surface area contributed by atoms with Crippen LogP contribution in [0.15, 0.2) is 42.0 Å². The Bertz CT molecular complexity index is 1110. The van der Waals surface area contributed by atoms with Crippen LogP contribution in [0.2, 0.25) is 0 Å². The van der Waals surface area contributed by atoms with Crippen LogP contribution in [0, 0.1) is 5.82 Å². The van der Waals surface area contributed by atoms with Gasteiger partial charge in [0.05, 0.1) is 35.6 Å². The van der Waals surface area contributed by atoms with E-state index in [1.54, 1.807) is 6.92 Å². The van der Waals surface area contributed by atoms with Crippen molar-refractivity contribution in [2.75, 3.05) is 11.9 Å². The first-order valence-corrected chi connectivity index (χ1v) is 9.91. The highest BCUT2D eigenvalue weighted by atomic mass is 19.4. The Kier molecular flexibility index (Phi) is 5.72. The molecule has 2 atom stereocenters. The maximum atomic E-state index is 14.3. The van der Waals surface area contributed by atoms with Crippen LogP contribution in [0.25, 0.3) is 5.57 Å². The van der Waals surface area contributed by atoms with Gasteiger partial charge in [0.2, 0.25) is 0 Å². The van der Waals surface area contributed by atoms with E-state index in [0.717, 1.165) is 12.1 Å². The van der Waals surface area contributed by atoms with Crippen molar-refractivity contribution < 1.29 is 36.6 Å². The summed E-state index contributed by atoms with van der Waals surface area (Å²) in [6.07, 6.45) is -4.67. The number of hydrogen-bond acceptors (Lipinski definition) is 5. The number of carbonyl (C=O) groups excluding carboxylic acids is 2. The zero-order chi connectivity index (χ0) is 23.0. The standard InChI is InChI=1S/C22H18F4N2O4/c1-2-31-21(30)12-7-6-11(10-13(12)23)27-20(29)19-16-9-8-15(32-16)18(19)14-4-3-5-17(28-14)22(24,25)26/h3-7,10,15-16H,2,8-9H2,1H3,(H,27,29)/t15-,16?/m0/s1. The first-order valence-electron chi connectivity index (χ1n) is 9.91. The van der Waals surface area contributed by atoms with E-state index in [9.17, 15) is 27.2 Å². The van der Waals surface area contributed by atoms with E-state index in [1.807, 2.05) is 0 Å². The van der Waals surface area contributed by atoms with Gasteiger partial charge in [-0.05, 0) is 50.1 Å². The first kappa shape index (κ1) is 21.9. The van der Waals surface area contributed by atoms with Crippen molar-refractivity contribution in [3.05, 3.63) is 64.7 Å². The quantitative estimate of drug-likeness (QED) is 0.541. The van der Waals surface area contributed by atoms with Crippen LogP contribution >= 0.6 is 0 Å². The summed E-state index contributed by atoms with van der Waals surface area (Å²) >= 11 is 0. The molecule has 0 spiro atoms. The maximum Gasteiger partial charge on any atom is 0.433 e. The van der Waals surface area contributed by atoms with Crippen LogP contribution in [0.3, 0.4) is 0 Å². The van der Waals surface area contributed by atoms with Crippen molar-refractivity contribution >= 4 is 23.1 Å². The number of nitrogens with one attached hydrogen (secondary N) is 1. The van der Waals surface area contributed by atoms with E-state index in [0.29, 0.717) is 18.4 Å². The molecular weight excluding hydrogens is 432 g/mol. The number of amides is 1. The Labute approximate surface area is 180 Å². The number of esters is 1. The van der Waals surface area contributed by atoms with Crippen molar-refractivity contribution in [1.29, 1.82) is 0 Å². The van der Waals surface area contributed by atoms with E-state index in [1.165, 1.54) is 24.3 Å². The number of benzene rings is 1. The van der Waals surface area contributed by atoms with E-state index in [-0.39, 0.29) is 29.1 Å². The van der Waals surface area contributed by atoms with Gasteiger partial charge in [0.25, 0.3) is 5.91 Å². The van der Waals surface area contributed by atoms with Crippen LogP contribution in [0.5, 0.6) is 0 Å². The van der Waals surface area contributed by atoms with E-state index < -0.39 is 41.8 Å². The molecule has 3 heterocycles. The number of halogens is 4. The van der Waals surface area contributed by atoms with Gasteiger partial charge in [-0.2, -0.15) is 13.2 Å². The maximum absolute atomic E-state index is 14.3. The molecule has 0 radical (unpaired) electrons. The van der Waals surface area contributed by atoms with Gasteiger partial charge in [0.1, 0.15) is 11.5 Å². The van der Waals surface area contributed by atoms with Crippen LogP contribution in [-0.2, 0) is 20.4 Å². The molecule has 1 aromatic heterocycles. The van der Waals surface area contributed by atoms with Gasteiger partial charge in [-0.3, -0.25) is 4.79 Å². The number of aromatic nitrogens is 1. The van der Waals surface area contributed by atoms with Gasteiger partial charge in [-0.1, -0.05) is 6.07 Å². The number of carbonyl (C=O) groups is 2. The predicted molar refractivity (Wildman–Crippen MR) is 105 cm³/mol. The fraction of sp³-hybridized carbons (Fsp3) is 0.318. The molecule has 1 N–H and O–H groups in total. The van der Waals surface area contributed by atoms with Crippen molar-refractivity contribution in [3.63, 3.8) is 0 Å². The Morgan fingerprint density at radius 2 is 1.94 bits per heavy atom. The molecule has 168 valence electrons. The van der Waals surface area contributed by atoms with Gasteiger partial charge in [-0.25, -0.2) is 14.2 Å². The average Bonchev–Trinajstić information content (AvgIpc) is 3.35. The Morgan fingerprint density at radius 3 is 2.62 bits per heavy atom. The minimum atomic E-state index is -4.63. The van der Waals surface area contributed by atoms with Gasteiger partial charge in [0.15, 0.2) is 0 Å². The first-order chi connectivity index (χ1) is 15.2. The number of ether oxygens (including phenoxy) is 2. The lowest BCUT2D eigenvalue weighted by Crippen LogP contribution is -2.23. The Balaban J connectivity index is 1.64. The van der Waals surface area contributed by atoms with Crippen LogP contribution in [-0.4, -0.2) is 35.7 Å². The number of nitrogens with zero attached hydrogens (tertiary/aromatic N) is 1. The lowest BCUT2D eigenvalue weighted by atomic mass is 9.89. The summed E-state index contributed by atoms with van der Waals surface area (Å²) in [7, 11) is 0. The number of rotatable bonds is 5. The van der Waals surface area contributed by atoms with Crippen molar-refractivity contribution in [2.45, 2.75) is 38.1 Å². The fourth-order valence-corrected chi connectivity index (χ4v) is 3.89. The molecule has 1 fully saturated rings. The van der Waals surface area contributed by atoms with Crippen molar-refractivity contribution in [3.8, 4) is 0 Å². The van der Waals surface area contributed by atoms with Crippen LogP contribution in [0.4, 0.5) is 23.2 Å². The lowest BCUT2D eigenvalue weighted by Gasteiger charge is -2.17. The molecule has 0 aliphatic carbocycles. The summed E-state index contributed by atoms with van der Waals surface area (Å²) in [6, 6.07) is 6.97. The molecule has 2 bridgehead atoms. The monoisotopic (exact) mass is 450 g/mol. The molecule has 6 nitrogen and oxygen atoms in total. The Hall–Kier alpha value is -3.27. The molecule has 1 amide bonds. The average molecular weight is 450 g/mol. The SMILES string of the molecule is CCOC(=O)c1ccc(NC(=O)C2=C(c3cccc(C(F)(F)F)n3)[C@@H]3CCC2O3)cc1F. The predicted octanol–water partition coefficient (Wildman–Crippen LogP) is 4.37. The molecule has 2 aromatic rings. The van der Waals surface area contributed by atoms with Crippen molar-refractivity contribution in [1.82, 2.24) is 4.98 Å². The number of anilines is 1.